The lowest BCUT2D eigenvalue weighted by Crippen LogP contribution is -2.23. The highest BCUT2D eigenvalue weighted by molar-refractivity contribution is 7.99. The highest BCUT2D eigenvalue weighted by atomic mass is 32.2. The molecule has 14 heavy (non-hydrogen) atoms. The molecule has 0 aliphatic carbocycles. The summed E-state index contributed by atoms with van der Waals surface area (Å²) in [6.07, 6.45) is 6.10. The normalized spacial score (nSPS) is 21.3. The molecule has 0 unspecified atom stereocenters. The van der Waals surface area contributed by atoms with E-state index in [2.05, 4.69) is 10.3 Å². The number of hydrogen-bond donors (Lipinski definition) is 2. The Kier molecular flexibility index (Phi) is 3.26. The molecule has 1 atom stereocenters. The first-order valence-corrected chi connectivity index (χ1v) is 5.90. The first kappa shape index (κ1) is 9.80. The van der Waals surface area contributed by atoms with Gasteiger partial charge in [0, 0.05) is 22.9 Å². The molecule has 2 heterocycles. The fourth-order valence-corrected chi connectivity index (χ4v) is 2.66. The third-order valence-corrected chi connectivity index (χ3v) is 3.66. The number of anilines is 1. The van der Waals surface area contributed by atoms with Crippen molar-refractivity contribution in [3.8, 4) is 0 Å². The standard InChI is InChI=1S/C10H15N3S/c11-9-6-12-5-3-10(9)14-7-8-2-1-4-13-8/h3,5-6,8,13H,1-2,4,7,11H2/t8-/m0/s1. The van der Waals surface area contributed by atoms with Gasteiger partial charge in [-0.25, -0.2) is 0 Å². The smallest absolute Gasteiger partial charge is 0.0638 e. The topological polar surface area (TPSA) is 50.9 Å². The van der Waals surface area contributed by atoms with E-state index in [9.17, 15) is 0 Å². The Morgan fingerprint density at radius 2 is 2.57 bits per heavy atom. The zero-order valence-electron chi connectivity index (χ0n) is 8.07. The second-order valence-corrected chi connectivity index (χ2v) is 4.58. The van der Waals surface area contributed by atoms with Crippen LogP contribution in [-0.4, -0.2) is 23.3 Å². The second-order valence-electron chi connectivity index (χ2n) is 3.52. The maximum Gasteiger partial charge on any atom is 0.0638 e. The number of nitrogens with one attached hydrogen (secondary N) is 1. The number of pyridine rings is 1. The van der Waals surface area contributed by atoms with Crippen molar-refractivity contribution in [3.63, 3.8) is 0 Å². The van der Waals surface area contributed by atoms with Gasteiger partial charge in [0.2, 0.25) is 0 Å². The van der Waals surface area contributed by atoms with E-state index in [1.807, 2.05) is 17.8 Å². The molecule has 0 bridgehead atoms. The van der Waals surface area contributed by atoms with Crippen LogP contribution in [0.4, 0.5) is 5.69 Å². The van der Waals surface area contributed by atoms with E-state index in [0.717, 1.165) is 22.9 Å². The van der Waals surface area contributed by atoms with Crippen molar-refractivity contribution in [2.24, 2.45) is 0 Å². The summed E-state index contributed by atoms with van der Waals surface area (Å²) in [5.74, 6) is 1.11. The summed E-state index contributed by atoms with van der Waals surface area (Å²) in [5, 5.41) is 3.47. The quantitative estimate of drug-likeness (QED) is 0.741. The Morgan fingerprint density at radius 1 is 1.64 bits per heavy atom. The van der Waals surface area contributed by atoms with E-state index in [1.54, 1.807) is 12.4 Å². The van der Waals surface area contributed by atoms with E-state index in [4.69, 9.17) is 5.73 Å². The summed E-state index contributed by atoms with van der Waals surface area (Å²) in [6.45, 7) is 1.16. The van der Waals surface area contributed by atoms with Crippen molar-refractivity contribution in [1.82, 2.24) is 10.3 Å². The van der Waals surface area contributed by atoms with Crippen LogP contribution in [-0.2, 0) is 0 Å². The van der Waals surface area contributed by atoms with Crippen molar-refractivity contribution in [3.05, 3.63) is 18.5 Å². The summed E-state index contributed by atoms with van der Waals surface area (Å²) in [5.41, 5.74) is 6.59. The highest BCUT2D eigenvalue weighted by Crippen LogP contribution is 2.25. The molecular formula is C10H15N3S. The highest BCUT2D eigenvalue weighted by Gasteiger charge is 2.14. The largest absolute Gasteiger partial charge is 0.397 e. The molecule has 2 rings (SSSR count). The Balaban J connectivity index is 1.88. The van der Waals surface area contributed by atoms with Gasteiger partial charge in [-0.05, 0) is 25.5 Å². The van der Waals surface area contributed by atoms with E-state index >= 15 is 0 Å². The lowest BCUT2D eigenvalue weighted by Gasteiger charge is -2.10. The SMILES string of the molecule is Nc1cnccc1SC[C@@H]1CCCN1. The maximum absolute atomic E-state index is 5.80. The number of hydrogen-bond acceptors (Lipinski definition) is 4. The minimum Gasteiger partial charge on any atom is -0.397 e. The molecule has 1 aromatic rings. The van der Waals surface area contributed by atoms with Gasteiger partial charge < -0.3 is 11.1 Å². The molecule has 3 N–H and O–H groups in total. The summed E-state index contributed by atoms with van der Waals surface area (Å²) >= 11 is 1.82. The molecule has 0 aromatic carbocycles. The summed E-state index contributed by atoms with van der Waals surface area (Å²) < 4.78 is 0. The predicted octanol–water partition coefficient (Wildman–Crippen LogP) is 1.51. The Hall–Kier alpha value is -0.740. The third kappa shape index (κ3) is 2.39. The monoisotopic (exact) mass is 209 g/mol. The third-order valence-electron chi connectivity index (χ3n) is 2.41. The van der Waals surface area contributed by atoms with E-state index in [0.29, 0.717) is 6.04 Å². The predicted molar refractivity (Wildman–Crippen MR) is 60.4 cm³/mol. The fourth-order valence-electron chi connectivity index (χ4n) is 1.61. The zero-order chi connectivity index (χ0) is 9.80. The molecule has 1 aliphatic rings. The van der Waals surface area contributed by atoms with Crippen LogP contribution in [0.2, 0.25) is 0 Å². The van der Waals surface area contributed by atoms with Crippen molar-refractivity contribution >= 4 is 17.4 Å². The van der Waals surface area contributed by atoms with Crippen LogP contribution in [0, 0.1) is 0 Å². The summed E-state index contributed by atoms with van der Waals surface area (Å²) in [4.78, 5) is 5.12. The fraction of sp³-hybridized carbons (Fsp3) is 0.500. The first-order chi connectivity index (χ1) is 6.86. The van der Waals surface area contributed by atoms with Gasteiger partial charge in [-0.15, -0.1) is 11.8 Å². The van der Waals surface area contributed by atoms with Gasteiger partial charge >= 0.3 is 0 Å². The average molecular weight is 209 g/mol. The number of aromatic nitrogens is 1. The van der Waals surface area contributed by atoms with Gasteiger partial charge in [0.15, 0.2) is 0 Å². The van der Waals surface area contributed by atoms with Crippen LogP contribution >= 0.6 is 11.8 Å². The number of nitrogens with zero attached hydrogens (tertiary/aromatic N) is 1. The second kappa shape index (κ2) is 4.66. The van der Waals surface area contributed by atoms with Gasteiger partial charge in [-0.3, -0.25) is 4.98 Å². The van der Waals surface area contributed by atoms with E-state index in [-0.39, 0.29) is 0 Å². The molecule has 3 nitrogen and oxygen atoms in total. The lowest BCUT2D eigenvalue weighted by molar-refractivity contribution is 0.674. The number of nitrogens with two attached hydrogens (primary N) is 1. The Bertz CT molecular complexity index is 297. The van der Waals surface area contributed by atoms with Crippen molar-refractivity contribution < 1.29 is 0 Å². The molecule has 76 valence electrons. The number of thioether (sulfide) groups is 1. The van der Waals surface area contributed by atoms with E-state index < -0.39 is 0 Å². The van der Waals surface area contributed by atoms with Crippen molar-refractivity contribution in [1.29, 1.82) is 0 Å². The van der Waals surface area contributed by atoms with Crippen LogP contribution in [0.5, 0.6) is 0 Å². The van der Waals surface area contributed by atoms with Gasteiger partial charge in [-0.1, -0.05) is 0 Å². The van der Waals surface area contributed by atoms with Gasteiger partial charge in [-0.2, -0.15) is 0 Å². The van der Waals surface area contributed by atoms with Crippen LogP contribution in [0.3, 0.4) is 0 Å². The van der Waals surface area contributed by atoms with Crippen LogP contribution in [0.15, 0.2) is 23.4 Å². The van der Waals surface area contributed by atoms with Crippen molar-refractivity contribution in [2.45, 2.75) is 23.8 Å². The molecule has 0 radical (unpaired) electrons. The van der Waals surface area contributed by atoms with Gasteiger partial charge in [0.25, 0.3) is 0 Å². The van der Waals surface area contributed by atoms with Crippen LogP contribution < -0.4 is 11.1 Å². The van der Waals surface area contributed by atoms with E-state index in [1.165, 1.54) is 12.8 Å². The van der Waals surface area contributed by atoms with Crippen LogP contribution in [0.1, 0.15) is 12.8 Å². The number of nitrogen functional groups attached to an aromatic ring is 1. The zero-order valence-corrected chi connectivity index (χ0v) is 8.89. The van der Waals surface area contributed by atoms with Gasteiger partial charge in [0.05, 0.1) is 11.9 Å². The summed E-state index contributed by atoms with van der Waals surface area (Å²) in [7, 11) is 0. The molecule has 1 fully saturated rings. The van der Waals surface area contributed by atoms with Crippen molar-refractivity contribution in [2.75, 3.05) is 18.0 Å². The lowest BCUT2D eigenvalue weighted by atomic mass is 10.3. The molecule has 1 aromatic heterocycles. The minimum absolute atomic E-state index is 0.660. The molecule has 1 saturated heterocycles. The molecule has 4 heteroatoms. The minimum atomic E-state index is 0.660. The Labute approximate surface area is 88.5 Å². The summed E-state index contributed by atoms with van der Waals surface area (Å²) in [6, 6.07) is 2.64. The van der Waals surface area contributed by atoms with Gasteiger partial charge in [0.1, 0.15) is 0 Å². The average Bonchev–Trinajstić information content (AvgIpc) is 2.69. The molecule has 0 amide bonds. The first-order valence-electron chi connectivity index (χ1n) is 4.92. The molecule has 0 spiro atoms. The molecular weight excluding hydrogens is 194 g/mol. The number of rotatable bonds is 3. The molecule has 0 saturated carbocycles. The molecule has 1 aliphatic heterocycles. The Morgan fingerprint density at radius 3 is 3.29 bits per heavy atom. The maximum atomic E-state index is 5.80. The van der Waals surface area contributed by atoms with Crippen LogP contribution in [0.25, 0.3) is 0 Å².